The van der Waals surface area contributed by atoms with E-state index in [1.807, 2.05) is 12.1 Å². The molecule has 0 aliphatic carbocycles. The zero-order valence-electron chi connectivity index (χ0n) is 8.15. The second kappa shape index (κ2) is 3.50. The van der Waals surface area contributed by atoms with Gasteiger partial charge in [0.2, 0.25) is 0 Å². The van der Waals surface area contributed by atoms with Gasteiger partial charge in [-0.3, -0.25) is 4.98 Å². The lowest BCUT2D eigenvalue weighted by atomic mass is 10.2. The summed E-state index contributed by atoms with van der Waals surface area (Å²) in [6.07, 6.45) is 0. The van der Waals surface area contributed by atoms with Crippen molar-refractivity contribution in [1.29, 1.82) is 5.26 Å². The summed E-state index contributed by atoms with van der Waals surface area (Å²) in [7, 11) is 1.80. The van der Waals surface area contributed by atoms with Crippen LogP contribution in [0.4, 0.5) is 5.69 Å². The molecule has 0 bridgehead atoms. The molecule has 0 aliphatic rings. The first-order valence-corrected chi connectivity index (χ1v) is 4.41. The largest absolute Gasteiger partial charge is 0.417 e. The van der Waals surface area contributed by atoms with Crippen molar-refractivity contribution < 1.29 is 4.42 Å². The highest BCUT2D eigenvalue weighted by atomic mass is 16.4. The van der Waals surface area contributed by atoms with E-state index in [1.54, 1.807) is 24.1 Å². The number of nitriles is 1. The van der Waals surface area contributed by atoms with E-state index in [0.29, 0.717) is 17.6 Å². The van der Waals surface area contributed by atoms with Gasteiger partial charge in [0.05, 0.1) is 11.6 Å². The number of hydrogen-bond acceptors (Lipinski definition) is 4. The Kier molecular flexibility index (Phi) is 2.18. The Morgan fingerprint density at radius 1 is 1.60 bits per heavy atom. The lowest BCUT2D eigenvalue weighted by Gasteiger charge is -2.14. The zero-order valence-corrected chi connectivity index (χ0v) is 8.15. The first kappa shape index (κ1) is 9.34. The van der Waals surface area contributed by atoms with Crippen LogP contribution in [-0.2, 0) is 0 Å². The van der Waals surface area contributed by atoms with E-state index in [4.69, 9.17) is 9.68 Å². The third-order valence-corrected chi connectivity index (χ3v) is 2.15. The van der Waals surface area contributed by atoms with Crippen LogP contribution in [-0.4, -0.2) is 18.6 Å². The second-order valence-corrected chi connectivity index (χ2v) is 3.21. The quantitative estimate of drug-likeness (QED) is 0.741. The molecule has 0 saturated heterocycles. The third-order valence-electron chi connectivity index (χ3n) is 2.15. The number of nitrogens with one attached hydrogen (secondary N) is 1. The van der Waals surface area contributed by atoms with Crippen LogP contribution in [0, 0.1) is 11.3 Å². The molecule has 1 aromatic carbocycles. The molecular weight excluding hydrogens is 194 g/mol. The number of nitrogens with zero attached hydrogens (tertiary/aromatic N) is 2. The predicted molar refractivity (Wildman–Crippen MR) is 55.7 cm³/mol. The van der Waals surface area contributed by atoms with Crippen molar-refractivity contribution in [3.8, 4) is 6.07 Å². The summed E-state index contributed by atoms with van der Waals surface area (Å²) in [6.45, 7) is 0.292. The average Bonchev–Trinajstić information content (AvgIpc) is 2.57. The van der Waals surface area contributed by atoms with Gasteiger partial charge in [-0.25, -0.2) is 4.79 Å². The van der Waals surface area contributed by atoms with Crippen molar-refractivity contribution in [1.82, 2.24) is 4.98 Å². The second-order valence-electron chi connectivity index (χ2n) is 3.21. The highest BCUT2D eigenvalue weighted by Crippen LogP contribution is 2.18. The summed E-state index contributed by atoms with van der Waals surface area (Å²) in [5.74, 6) is -0.468. The molecule has 5 nitrogen and oxygen atoms in total. The average molecular weight is 203 g/mol. The van der Waals surface area contributed by atoms with Crippen molar-refractivity contribution in [3.63, 3.8) is 0 Å². The summed E-state index contributed by atoms with van der Waals surface area (Å²) in [5, 5.41) is 8.54. The van der Waals surface area contributed by atoms with Gasteiger partial charge in [-0.1, -0.05) is 0 Å². The molecule has 15 heavy (non-hydrogen) atoms. The molecule has 5 heteroatoms. The Morgan fingerprint density at radius 3 is 3.13 bits per heavy atom. The summed E-state index contributed by atoms with van der Waals surface area (Å²) in [6, 6.07) is 7.35. The van der Waals surface area contributed by atoms with Crippen LogP contribution in [0.15, 0.2) is 27.4 Å². The molecule has 0 amide bonds. The molecule has 2 rings (SSSR count). The zero-order chi connectivity index (χ0) is 10.8. The standard InChI is InChI=1S/C10H9N3O2/c1-13(5-4-11)7-2-3-8-9(6-7)15-10(14)12-8/h2-3,6H,5H2,1H3,(H,12,14). The lowest BCUT2D eigenvalue weighted by Crippen LogP contribution is -2.16. The molecule has 1 heterocycles. The molecule has 0 aliphatic heterocycles. The van der Waals surface area contributed by atoms with Gasteiger partial charge >= 0.3 is 5.76 Å². The molecule has 2 aromatic rings. The highest BCUT2D eigenvalue weighted by Gasteiger charge is 2.04. The maximum absolute atomic E-state index is 10.9. The number of oxazole rings is 1. The minimum atomic E-state index is -0.468. The maximum Gasteiger partial charge on any atom is 0.417 e. The summed E-state index contributed by atoms with van der Waals surface area (Å²) < 4.78 is 4.92. The number of aromatic amines is 1. The van der Waals surface area contributed by atoms with Gasteiger partial charge in [-0.15, -0.1) is 0 Å². The first-order chi connectivity index (χ1) is 7.20. The van der Waals surface area contributed by atoms with E-state index in [9.17, 15) is 4.79 Å². The smallest absolute Gasteiger partial charge is 0.408 e. The molecule has 0 spiro atoms. The number of rotatable bonds is 2. The minimum absolute atomic E-state index is 0.292. The summed E-state index contributed by atoms with van der Waals surface area (Å²) >= 11 is 0. The van der Waals surface area contributed by atoms with E-state index in [0.717, 1.165) is 5.69 Å². The van der Waals surface area contributed by atoms with E-state index >= 15 is 0 Å². The van der Waals surface area contributed by atoms with Gasteiger partial charge in [0.1, 0.15) is 6.54 Å². The first-order valence-electron chi connectivity index (χ1n) is 4.41. The van der Waals surface area contributed by atoms with Crippen molar-refractivity contribution in [3.05, 3.63) is 28.7 Å². The van der Waals surface area contributed by atoms with Gasteiger partial charge in [0.25, 0.3) is 0 Å². The number of aromatic nitrogens is 1. The van der Waals surface area contributed by atoms with Crippen molar-refractivity contribution in [2.45, 2.75) is 0 Å². The number of H-pyrrole nitrogens is 1. The monoisotopic (exact) mass is 203 g/mol. The molecule has 0 fully saturated rings. The molecular formula is C10H9N3O2. The van der Waals surface area contributed by atoms with Crippen molar-refractivity contribution in [2.75, 3.05) is 18.5 Å². The summed E-state index contributed by atoms with van der Waals surface area (Å²) in [4.78, 5) is 15.2. The Balaban J connectivity index is 2.47. The van der Waals surface area contributed by atoms with Crippen LogP contribution >= 0.6 is 0 Å². The van der Waals surface area contributed by atoms with Crippen LogP contribution in [0.5, 0.6) is 0 Å². The molecule has 0 saturated carbocycles. The minimum Gasteiger partial charge on any atom is -0.408 e. The van der Waals surface area contributed by atoms with Crippen molar-refractivity contribution in [2.24, 2.45) is 0 Å². The normalized spacial score (nSPS) is 10.1. The van der Waals surface area contributed by atoms with E-state index in [1.165, 1.54) is 0 Å². The number of hydrogen-bond donors (Lipinski definition) is 1. The summed E-state index contributed by atoms with van der Waals surface area (Å²) in [5.41, 5.74) is 2.00. The van der Waals surface area contributed by atoms with E-state index < -0.39 is 5.76 Å². The molecule has 0 unspecified atom stereocenters. The topological polar surface area (TPSA) is 73.0 Å². The Morgan fingerprint density at radius 2 is 2.40 bits per heavy atom. The van der Waals surface area contributed by atoms with Crippen LogP contribution in [0.2, 0.25) is 0 Å². The number of anilines is 1. The van der Waals surface area contributed by atoms with Gasteiger partial charge in [0, 0.05) is 18.8 Å². The maximum atomic E-state index is 10.9. The molecule has 76 valence electrons. The van der Waals surface area contributed by atoms with Gasteiger partial charge in [-0.2, -0.15) is 5.26 Å². The van der Waals surface area contributed by atoms with Gasteiger partial charge in [-0.05, 0) is 12.1 Å². The lowest BCUT2D eigenvalue weighted by molar-refractivity contribution is 0.555. The molecule has 0 atom stereocenters. The Labute approximate surface area is 85.5 Å². The van der Waals surface area contributed by atoms with Gasteiger partial charge < -0.3 is 9.32 Å². The SMILES string of the molecule is CN(CC#N)c1ccc2[nH]c(=O)oc2c1. The Hall–Kier alpha value is -2.22. The fraction of sp³-hybridized carbons (Fsp3) is 0.200. The fourth-order valence-electron chi connectivity index (χ4n) is 1.37. The highest BCUT2D eigenvalue weighted by molar-refractivity contribution is 5.77. The van der Waals surface area contributed by atoms with E-state index in [-0.39, 0.29) is 0 Å². The third kappa shape index (κ3) is 1.70. The number of benzene rings is 1. The molecule has 1 N–H and O–H groups in total. The van der Waals surface area contributed by atoms with Crippen LogP contribution < -0.4 is 10.7 Å². The Bertz CT molecular complexity index is 576. The predicted octanol–water partition coefficient (Wildman–Crippen LogP) is 1.08. The number of fused-ring (bicyclic) bond motifs is 1. The van der Waals surface area contributed by atoms with Crippen LogP contribution in [0.1, 0.15) is 0 Å². The molecule has 1 aromatic heterocycles. The van der Waals surface area contributed by atoms with E-state index in [2.05, 4.69) is 4.98 Å². The van der Waals surface area contributed by atoms with Crippen LogP contribution in [0.25, 0.3) is 11.1 Å². The van der Waals surface area contributed by atoms with Crippen molar-refractivity contribution >= 4 is 16.8 Å². The van der Waals surface area contributed by atoms with Gasteiger partial charge in [0.15, 0.2) is 5.58 Å². The molecule has 0 radical (unpaired) electrons. The van der Waals surface area contributed by atoms with Crippen LogP contribution in [0.3, 0.4) is 0 Å². The fourth-order valence-corrected chi connectivity index (χ4v) is 1.37.